The van der Waals surface area contributed by atoms with Crippen LogP contribution in [-0.2, 0) is 5.75 Å². The monoisotopic (exact) mass is 485 g/mol. The summed E-state index contributed by atoms with van der Waals surface area (Å²) in [5.41, 5.74) is 4.54. The van der Waals surface area contributed by atoms with Crippen LogP contribution in [-0.4, -0.2) is 50.0 Å². The molecule has 29 heavy (non-hydrogen) atoms. The van der Waals surface area contributed by atoms with E-state index < -0.39 is 0 Å². The van der Waals surface area contributed by atoms with Gasteiger partial charge in [-0.05, 0) is 0 Å². The number of anilines is 1. The van der Waals surface area contributed by atoms with Gasteiger partial charge >= 0.3 is 160 Å². The summed E-state index contributed by atoms with van der Waals surface area (Å²) in [5, 5.41) is 9.09. The Bertz CT molecular complexity index is 1090. The summed E-state index contributed by atoms with van der Waals surface area (Å²) in [6.07, 6.45) is 1.83. The van der Waals surface area contributed by atoms with Crippen molar-refractivity contribution in [3.63, 3.8) is 0 Å². The molecule has 0 bridgehead atoms. The number of benzene rings is 2. The second kappa shape index (κ2) is 9.50. The van der Waals surface area contributed by atoms with E-state index >= 15 is 0 Å². The maximum absolute atomic E-state index is 4.78. The number of aromatic nitrogens is 3. The van der Waals surface area contributed by atoms with Crippen LogP contribution in [0.2, 0.25) is 0 Å². The van der Waals surface area contributed by atoms with Crippen molar-refractivity contribution < 1.29 is 0 Å². The summed E-state index contributed by atoms with van der Waals surface area (Å²) in [6, 6.07) is 18.6. The molecule has 4 rings (SSSR count). The second-order valence-corrected chi connectivity index (χ2v) is 10.4. The molecule has 8 heteroatoms. The number of rotatable bonds is 7. The van der Waals surface area contributed by atoms with Crippen LogP contribution in [0.3, 0.4) is 0 Å². The summed E-state index contributed by atoms with van der Waals surface area (Å²) in [4.78, 5) is 13.6. The van der Waals surface area contributed by atoms with Crippen molar-refractivity contribution in [2.75, 3.05) is 19.0 Å². The van der Waals surface area contributed by atoms with Gasteiger partial charge in [-0.3, -0.25) is 0 Å². The minimum absolute atomic E-state index is 0.302. The van der Waals surface area contributed by atoms with Crippen LogP contribution in [0, 0.1) is 0 Å². The van der Waals surface area contributed by atoms with Gasteiger partial charge in [0.25, 0.3) is 0 Å². The molecular weight excluding hydrogens is 465 g/mol. The number of thioether (sulfide) groups is 1. The van der Waals surface area contributed by atoms with Gasteiger partial charge in [0.2, 0.25) is 0 Å². The zero-order chi connectivity index (χ0) is 20.1. The number of nitrogens with zero attached hydrogens (tertiary/aromatic N) is 5. The molecule has 0 radical (unpaired) electrons. The normalized spacial score (nSPS) is 11.2. The second-order valence-electron chi connectivity index (χ2n) is 6.39. The number of hydrogen-bond acceptors (Lipinski definition) is 7. The van der Waals surface area contributed by atoms with Gasteiger partial charge in [0, 0.05) is 19.8 Å². The fourth-order valence-corrected chi connectivity index (χ4v) is 6.07. The molecule has 0 atom stereocenters. The van der Waals surface area contributed by atoms with E-state index in [1.165, 1.54) is 21.5 Å². The van der Waals surface area contributed by atoms with Crippen LogP contribution in [0.5, 0.6) is 0 Å². The third-order valence-electron chi connectivity index (χ3n) is 4.05. The molecule has 0 unspecified atom stereocenters. The van der Waals surface area contributed by atoms with Crippen molar-refractivity contribution in [1.82, 2.24) is 15.2 Å². The van der Waals surface area contributed by atoms with Crippen LogP contribution in [0.15, 0.2) is 68.9 Å². The molecule has 0 aliphatic rings. The fourth-order valence-electron chi connectivity index (χ4n) is 2.52. The average Bonchev–Trinajstić information content (AvgIpc) is 3.41. The third kappa shape index (κ3) is 5.42. The molecule has 0 fully saturated rings. The topological polar surface area (TPSA) is 54.3 Å². The minimum atomic E-state index is 0.302. The Labute approximate surface area is 184 Å². The molecule has 0 aliphatic heterocycles. The van der Waals surface area contributed by atoms with E-state index in [9.17, 15) is 0 Å². The molecule has 5 nitrogen and oxygen atoms in total. The van der Waals surface area contributed by atoms with Crippen molar-refractivity contribution >= 4 is 54.6 Å². The van der Waals surface area contributed by atoms with E-state index in [-0.39, 0.29) is 0 Å². The molecule has 0 N–H and O–H groups in total. The number of hydrogen-bond donors (Lipinski definition) is 0. The van der Waals surface area contributed by atoms with Crippen molar-refractivity contribution in [2.24, 2.45) is 4.99 Å². The molecule has 0 aliphatic carbocycles. The van der Waals surface area contributed by atoms with Gasteiger partial charge < -0.3 is 4.90 Å². The van der Waals surface area contributed by atoms with Crippen LogP contribution >= 0.6 is 23.1 Å². The van der Waals surface area contributed by atoms with Gasteiger partial charge in [0.15, 0.2) is 0 Å². The molecule has 0 spiro atoms. The Kier molecular flexibility index (Phi) is 6.56. The summed E-state index contributed by atoms with van der Waals surface area (Å²) in [7, 11) is 4.06. The van der Waals surface area contributed by atoms with E-state index in [0.29, 0.717) is 19.6 Å². The molecule has 2 aromatic heterocycles. The average molecular weight is 485 g/mol. The molecule has 4 aromatic rings. The summed E-state index contributed by atoms with van der Waals surface area (Å²) in [5.74, 6) is 0.808. The summed E-state index contributed by atoms with van der Waals surface area (Å²) >= 11 is 3.47. The fraction of sp³-hybridized carbons (Fsp3) is 0.143. The Balaban J connectivity index is 1.34. The van der Waals surface area contributed by atoms with E-state index in [4.69, 9.17) is 4.98 Å². The van der Waals surface area contributed by atoms with E-state index in [0.717, 1.165) is 27.0 Å². The predicted octanol–water partition coefficient (Wildman–Crippen LogP) is 4.77. The van der Waals surface area contributed by atoms with Gasteiger partial charge in [0.1, 0.15) is 0 Å². The Hall–Kier alpha value is -2.25. The maximum atomic E-state index is 4.78. The Morgan fingerprint density at radius 3 is 2.62 bits per heavy atom. The van der Waals surface area contributed by atoms with Gasteiger partial charge in [-0.15, -0.1) is 0 Å². The third-order valence-corrected chi connectivity index (χ3v) is 8.02. The molecule has 0 saturated carbocycles. The van der Waals surface area contributed by atoms with E-state index in [1.807, 2.05) is 38.5 Å². The van der Waals surface area contributed by atoms with Gasteiger partial charge in [-0.25, -0.2) is 0 Å². The van der Waals surface area contributed by atoms with Crippen LogP contribution in [0.4, 0.5) is 10.8 Å². The molecule has 146 valence electrons. The zero-order valence-corrected chi connectivity index (χ0v) is 19.4. The first kappa shape index (κ1) is 20.0. The van der Waals surface area contributed by atoms with Crippen molar-refractivity contribution in [1.29, 1.82) is 0 Å². The van der Waals surface area contributed by atoms with Crippen molar-refractivity contribution in [3.05, 3.63) is 70.8 Å². The van der Waals surface area contributed by atoms with Gasteiger partial charge in [0.05, 0.1) is 0 Å². The first-order valence-electron chi connectivity index (χ1n) is 8.95. The van der Waals surface area contributed by atoms with Crippen molar-refractivity contribution in [3.8, 4) is 10.1 Å². The molecule has 2 heterocycles. The zero-order valence-electron chi connectivity index (χ0n) is 16.0. The molecule has 2 aromatic carbocycles. The quantitative estimate of drug-likeness (QED) is 0.215. The molecule has 0 amide bonds. The van der Waals surface area contributed by atoms with E-state index in [1.54, 1.807) is 11.8 Å². The predicted molar refractivity (Wildman–Crippen MR) is 124 cm³/mol. The van der Waals surface area contributed by atoms with Gasteiger partial charge in [-0.1, -0.05) is 0 Å². The van der Waals surface area contributed by atoms with Crippen LogP contribution < -0.4 is 4.90 Å². The van der Waals surface area contributed by atoms with E-state index in [2.05, 4.69) is 61.4 Å². The first-order chi connectivity index (χ1) is 14.2. The summed E-state index contributed by atoms with van der Waals surface area (Å²) < 4.78 is 2.11. The molecular formula is C21H19N5S2Se. The number of aliphatic imine (C=N–C) groups is 1. The van der Waals surface area contributed by atoms with Crippen LogP contribution in [0.1, 0.15) is 11.3 Å². The SMILES string of the molecule is CN(C)c1ccc(C=Nc2nnc(SCc3c[se]c(-c4ccccc4)n3)s2)cc1. The first-order valence-corrected chi connectivity index (χ1v) is 12.6. The van der Waals surface area contributed by atoms with Gasteiger partial charge in [-0.2, -0.15) is 0 Å². The Morgan fingerprint density at radius 1 is 1.07 bits per heavy atom. The van der Waals surface area contributed by atoms with Crippen LogP contribution in [0.25, 0.3) is 10.1 Å². The standard InChI is InChI=1S/C21H19N5S2Se/c1-26(2)18-10-8-15(9-11-18)12-22-20-24-25-21(28-20)27-13-17-14-29-19(23-17)16-6-4-3-5-7-16/h3-12,14H,13H2,1-2H3. The van der Waals surface area contributed by atoms with Crippen molar-refractivity contribution in [2.45, 2.75) is 10.1 Å². The Morgan fingerprint density at radius 2 is 1.86 bits per heavy atom. The summed E-state index contributed by atoms with van der Waals surface area (Å²) in [6.45, 7) is 0. The molecule has 0 saturated heterocycles.